The van der Waals surface area contributed by atoms with Gasteiger partial charge in [-0.3, -0.25) is 0 Å². The van der Waals surface area contributed by atoms with Gasteiger partial charge in [-0.2, -0.15) is 0 Å². The van der Waals surface area contributed by atoms with Crippen LogP contribution in [0.15, 0.2) is 45.7 Å². The van der Waals surface area contributed by atoms with E-state index >= 15 is 0 Å². The third-order valence-corrected chi connectivity index (χ3v) is 4.60. The van der Waals surface area contributed by atoms with E-state index in [-0.39, 0.29) is 5.63 Å². The van der Waals surface area contributed by atoms with Gasteiger partial charge in [0.2, 0.25) is 0 Å². The Morgan fingerprint density at radius 2 is 2.16 bits per heavy atom. The maximum atomic E-state index is 11.9. The minimum atomic E-state index is -0.301. The molecule has 0 radical (unpaired) electrons. The average molecular weight is 336 g/mol. The van der Waals surface area contributed by atoms with Crippen molar-refractivity contribution in [1.29, 1.82) is 0 Å². The smallest absolute Gasteiger partial charge is 0.336 e. The number of benzene rings is 1. The van der Waals surface area contributed by atoms with Gasteiger partial charge in [0, 0.05) is 28.8 Å². The molecular formula is C20H20N2O3. The van der Waals surface area contributed by atoms with Crippen LogP contribution in [0.25, 0.3) is 11.0 Å². The van der Waals surface area contributed by atoms with E-state index in [1.165, 1.54) is 0 Å². The van der Waals surface area contributed by atoms with Crippen molar-refractivity contribution in [2.45, 2.75) is 33.2 Å². The molecule has 0 bridgehead atoms. The van der Waals surface area contributed by atoms with Crippen molar-refractivity contribution < 1.29 is 9.15 Å². The molecule has 0 atom stereocenters. The Labute approximate surface area is 145 Å². The van der Waals surface area contributed by atoms with Gasteiger partial charge in [0.1, 0.15) is 17.2 Å². The van der Waals surface area contributed by atoms with E-state index in [2.05, 4.69) is 22.9 Å². The highest BCUT2D eigenvalue weighted by molar-refractivity contribution is 5.86. The van der Waals surface area contributed by atoms with Gasteiger partial charge in [-0.15, -0.1) is 0 Å². The van der Waals surface area contributed by atoms with Crippen molar-refractivity contribution in [1.82, 2.24) is 4.98 Å². The first-order valence-electron chi connectivity index (χ1n) is 8.55. The molecule has 0 aliphatic carbocycles. The number of anilines is 1. The number of hydrogen-bond acceptors (Lipinski definition) is 5. The summed E-state index contributed by atoms with van der Waals surface area (Å²) in [4.78, 5) is 18.4. The summed E-state index contributed by atoms with van der Waals surface area (Å²) in [7, 11) is 0. The van der Waals surface area contributed by atoms with Crippen LogP contribution in [0.2, 0.25) is 0 Å². The number of pyridine rings is 1. The Kier molecular flexibility index (Phi) is 3.92. The van der Waals surface area contributed by atoms with E-state index in [4.69, 9.17) is 9.15 Å². The lowest BCUT2D eigenvalue weighted by Crippen LogP contribution is -2.32. The van der Waals surface area contributed by atoms with E-state index in [9.17, 15) is 4.79 Å². The standard InChI is InChI=1S/C20H20N2O3/c1-3-6-14-10-18(23)25-20-13(2)19-15(9-16(14)20)11-22(12-24-19)17-7-4-5-8-21-17/h4-5,7-10H,3,6,11-12H2,1-2H3. The minimum Gasteiger partial charge on any atom is -0.472 e. The lowest BCUT2D eigenvalue weighted by Gasteiger charge is -2.31. The molecule has 5 nitrogen and oxygen atoms in total. The van der Waals surface area contributed by atoms with Crippen LogP contribution in [0.1, 0.15) is 30.0 Å². The fourth-order valence-electron chi connectivity index (χ4n) is 3.45. The maximum Gasteiger partial charge on any atom is 0.336 e. The van der Waals surface area contributed by atoms with Gasteiger partial charge in [0.05, 0.1) is 6.54 Å². The number of hydrogen-bond donors (Lipinski definition) is 0. The largest absolute Gasteiger partial charge is 0.472 e. The molecule has 2 aromatic heterocycles. The molecule has 128 valence electrons. The third-order valence-electron chi connectivity index (χ3n) is 4.60. The van der Waals surface area contributed by atoms with Crippen LogP contribution in [-0.4, -0.2) is 11.7 Å². The van der Waals surface area contributed by atoms with Gasteiger partial charge >= 0.3 is 5.63 Å². The fourth-order valence-corrected chi connectivity index (χ4v) is 3.45. The fraction of sp³-hybridized carbons (Fsp3) is 0.300. The first-order valence-corrected chi connectivity index (χ1v) is 8.55. The quantitative estimate of drug-likeness (QED) is 0.681. The number of nitrogens with zero attached hydrogens (tertiary/aromatic N) is 2. The molecule has 0 fully saturated rings. The zero-order chi connectivity index (χ0) is 17.4. The second-order valence-electron chi connectivity index (χ2n) is 6.37. The lowest BCUT2D eigenvalue weighted by atomic mass is 9.98. The van der Waals surface area contributed by atoms with E-state index in [0.717, 1.165) is 46.5 Å². The number of ether oxygens (including phenoxy) is 1. The average Bonchev–Trinajstić information content (AvgIpc) is 2.63. The molecule has 4 rings (SSSR count). The van der Waals surface area contributed by atoms with Crippen molar-refractivity contribution >= 4 is 16.8 Å². The van der Waals surface area contributed by atoms with Crippen LogP contribution in [0.5, 0.6) is 5.75 Å². The molecule has 0 saturated carbocycles. The lowest BCUT2D eigenvalue weighted by molar-refractivity contribution is 0.286. The van der Waals surface area contributed by atoms with Crippen molar-refractivity contribution in [3.63, 3.8) is 0 Å². The molecule has 0 saturated heterocycles. The Hall–Kier alpha value is -2.82. The first-order chi connectivity index (χ1) is 12.2. The topological polar surface area (TPSA) is 55.6 Å². The maximum absolute atomic E-state index is 11.9. The monoisotopic (exact) mass is 336 g/mol. The molecule has 0 unspecified atom stereocenters. The summed E-state index contributed by atoms with van der Waals surface area (Å²) in [6.07, 6.45) is 3.61. The molecule has 0 spiro atoms. The molecule has 0 amide bonds. The summed E-state index contributed by atoms with van der Waals surface area (Å²) < 4.78 is 11.5. The highest BCUT2D eigenvalue weighted by atomic mass is 16.5. The van der Waals surface area contributed by atoms with Crippen LogP contribution < -0.4 is 15.3 Å². The summed E-state index contributed by atoms with van der Waals surface area (Å²) in [6.45, 7) is 5.21. The number of rotatable bonds is 3. The molecular weight excluding hydrogens is 316 g/mol. The van der Waals surface area contributed by atoms with Gasteiger partial charge in [-0.25, -0.2) is 9.78 Å². The summed E-state index contributed by atoms with van der Waals surface area (Å²) >= 11 is 0. The summed E-state index contributed by atoms with van der Waals surface area (Å²) in [6, 6.07) is 9.55. The SMILES string of the molecule is CCCc1cc(=O)oc2c(C)c3c(cc12)CN(c1ccccn1)CO3. The highest BCUT2D eigenvalue weighted by Gasteiger charge is 2.23. The highest BCUT2D eigenvalue weighted by Crippen LogP contribution is 2.36. The Balaban J connectivity index is 1.84. The minimum absolute atomic E-state index is 0.301. The Morgan fingerprint density at radius 1 is 1.28 bits per heavy atom. The molecule has 0 N–H and O–H groups in total. The molecule has 3 aromatic rings. The zero-order valence-electron chi connectivity index (χ0n) is 14.4. The first kappa shape index (κ1) is 15.7. The van der Waals surface area contributed by atoms with Crippen LogP contribution in [0.4, 0.5) is 5.82 Å². The van der Waals surface area contributed by atoms with Crippen molar-refractivity contribution in [3.8, 4) is 5.75 Å². The van der Waals surface area contributed by atoms with E-state index in [1.807, 2.05) is 25.1 Å². The van der Waals surface area contributed by atoms with Crippen LogP contribution >= 0.6 is 0 Å². The molecule has 1 aliphatic rings. The zero-order valence-corrected chi connectivity index (χ0v) is 14.4. The second kappa shape index (κ2) is 6.24. The number of aryl methyl sites for hydroxylation is 2. The molecule has 5 heteroatoms. The molecule has 25 heavy (non-hydrogen) atoms. The molecule has 1 aliphatic heterocycles. The van der Waals surface area contributed by atoms with Crippen LogP contribution in [0, 0.1) is 6.92 Å². The molecule has 3 heterocycles. The Bertz CT molecular complexity index is 980. The summed E-state index contributed by atoms with van der Waals surface area (Å²) in [5, 5.41) is 1.00. The van der Waals surface area contributed by atoms with E-state index in [1.54, 1.807) is 12.3 Å². The molecule has 1 aromatic carbocycles. The number of aromatic nitrogens is 1. The van der Waals surface area contributed by atoms with Gasteiger partial charge in [0.25, 0.3) is 0 Å². The summed E-state index contributed by atoms with van der Waals surface area (Å²) in [5.41, 5.74) is 3.36. The Morgan fingerprint density at radius 3 is 2.92 bits per heavy atom. The van der Waals surface area contributed by atoms with Crippen LogP contribution in [-0.2, 0) is 13.0 Å². The van der Waals surface area contributed by atoms with Gasteiger partial charge in [-0.05, 0) is 37.1 Å². The van der Waals surface area contributed by atoms with Crippen molar-refractivity contribution in [3.05, 3.63) is 63.6 Å². The van der Waals surface area contributed by atoms with Crippen molar-refractivity contribution in [2.75, 3.05) is 11.6 Å². The predicted octanol–water partition coefficient (Wildman–Crippen LogP) is 3.81. The predicted molar refractivity (Wildman–Crippen MR) is 97.1 cm³/mol. The van der Waals surface area contributed by atoms with E-state index in [0.29, 0.717) is 18.9 Å². The van der Waals surface area contributed by atoms with Crippen molar-refractivity contribution in [2.24, 2.45) is 0 Å². The van der Waals surface area contributed by atoms with Crippen LogP contribution in [0.3, 0.4) is 0 Å². The van der Waals surface area contributed by atoms with E-state index < -0.39 is 0 Å². The normalized spacial score (nSPS) is 13.6. The van der Waals surface area contributed by atoms with Gasteiger partial charge < -0.3 is 14.1 Å². The van der Waals surface area contributed by atoms with Gasteiger partial charge in [0.15, 0.2) is 6.73 Å². The summed E-state index contributed by atoms with van der Waals surface area (Å²) in [5.74, 6) is 1.70. The third kappa shape index (κ3) is 2.76. The van der Waals surface area contributed by atoms with Gasteiger partial charge in [-0.1, -0.05) is 19.4 Å². The second-order valence-corrected chi connectivity index (χ2v) is 6.37. The number of fused-ring (bicyclic) bond motifs is 2.